The van der Waals surface area contributed by atoms with Gasteiger partial charge in [-0.1, -0.05) is 109 Å². The molecular formula is C45H72N5O10. The maximum absolute atomic E-state index is 14.1. The number of hydrogen-bond donors (Lipinski definition) is 1. The molecule has 1 aromatic rings. The number of para-hydroxylation sites is 1. The quantitative estimate of drug-likeness (QED) is 0.0677. The van der Waals surface area contributed by atoms with Crippen molar-refractivity contribution in [1.29, 1.82) is 0 Å². The van der Waals surface area contributed by atoms with Crippen molar-refractivity contribution in [2.75, 3.05) is 59.2 Å². The fourth-order valence-electron chi connectivity index (χ4n) is 7.88. The maximum Gasteiger partial charge on any atom is 0.326 e. The Hall–Kier alpha value is -3.92. The number of nitro benzene ring substituents is 1. The second-order valence-electron chi connectivity index (χ2n) is 17.1. The molecule has 337 valence electrons. The monoisotopic (exact) mass is 843 g/mol. The lowest BCUT2D eigenvalue weighted by Gasteiger charge is -2.34. The highest BCUT2D eigenvalue weighted by atomic mass is 16.6. The predicted molar refractivity (Wildman–Crippen MR) is 228 cm³/mol. The van der Waals surface area contributed by atoms with E-state index in [0.717, 1.165) is 30.7 Å². The third-order valence-corrected chi connectivity index (χ3v) is 11.3. The van der Waals surface area contributed by atoms with Crippen LogP contribution in [0.5, 0.6) is 0 Å². The Labute approximate surface area is 357 Å². The number of esters is 1. The van der Waals surface area contributed by atoms with E-state index in [1.807, 2.05) is 0 Å². The van der Waals surface area contributed by atoms with E-state index in [2.05, 4.69) is 12.2 Å². The van der Waals surface area contributed by atoms with Gasteiger partial charge in [-0.15, -0.1) is 10.3 Å². The molecule has 3 amide bonds. The van der Waals surface area contributed by atoms with Crippen LogP contribution < -0.4 is 5.32 Å². The topological polar surface area (TPSA) is 181 Å². The van der Waals surface area contributed by atoms with Crippen molar-refractivity contribution in [3.05, 3.63) is 51.6 Å². The number of rotatable bonds is 18. The summed E-state index contributed by atoms with van der Waals surface area (Å²) in [5.41, 5.74) is -2.14. The second-order valence-corrected chi connectivity index (χ2v) is 17.1. The summed E-state index contributed by atoms with van der Waals surface area (Å²) in [6, 6.07) is 5.91. The summed E-state index contributed by atoms with van der Waals surface area (Å²) in [7, 11) is 0. The highest BCUT2D eigenvalue weighted by molar-refractivity contribution is 5.98. The summed E-state index contributed by atoms with van der Waals surface area (Å²) in [5.74, 6) is -2.07. The zero-order valence-electron chi connectivity index (χ0n) is 37.0. The summed E-state index contributed by atoms with van der Waals surface area (Å²) in [4.78, 5) is 69.1. The largest absolute Gasteiger partial charge is 0.454 e. The molecule has 1 unspecified atom stereocenters. The first kappa shape index (κ1) is 50.4. The first-order valence-electron chi connectivity index (χ1n) is 22.3. The molecule has 15 heteroatoms. The number of unbranched alkanes of at least 4 members (excludes halogenated alkanes) is 13. The van der Waals surface area contributed by atoms with Crippen LogP contribution in [0.3, 0.4) is 0 Å². The van der Waals surface area contributed by atoms with Gasteiger partial charge in [-0.3, -0.25) is 29.3 Å². The molecule has 2 aliphatic heterocycles. The number of carbonyl (C=O) groups excluding carboxylic acids is 4. The molecule has 1 fully saturated rings. The van der Waals surface area contributed by atoms with Crippen molar-refractivity contribution in [2.24, 2.45) is 0 Å². The molecular weight excluding hydrogens is 771 g/mol. The summed E-state index contributed by atoms with van der Waals surface area (Å²) in [5, 5.41) is 29.0. The van der Waals surface area contributed by atoms with Crippen molar-refractivity contribution >= 4 is 29.4 Å². The van der Waals surface area contributed by atoms with Crippen molar-refractivity contribution in [1.82, 2.24) is 20.2 Å². The average Bonchev–Trinajstić information content (AvgIpc) is 3.38. The minimum atomic E-state index is -1.27. The van der Waals surface area contributed by atoms with Gasteiger partial charge in [-0.2, -0.15) is 0 Å². The average molecular weight is 843 g/mol. The number of carbonyl (C=O) groups is 4. The second kappa shape index (κ2) is 26.4. The van der Waals surface area contributed by atoms with E-state index in [4.69, 9.17) is 14.2 Å². The van der Waals surface area contributed by atoms with E-state index in [1.54, 1.807) is 39.8 Å². The van der Waals surface area contributed by atoms with E-state index < -0.39 is 40.5 Å². The Balaban J connectivity index is 1.80. The molecule has 1 atom stereocenters. The number of hydrogen-bond acceptors (Lipinski definition) is 10. The normalized spacial score (nSPS) is 20.3. The summed E-state index contributed by atoms with van der Waals surface area (Å²) in [6.45, 7) is 9.37. The zero-order chi connectivity index (χ0) is 44.0. The molecule has 1 radical (unpaired) electrons. The Kier molecular flexibility index (Phi) is 22.2. The number of cyclic esters (lactones) is 1. The Morgan fingerprint density at radius 1 is 0.833 bits per heavy atom. The van der Waals surface area contributed by atoms with Gasteiger partial charge >= 0.3 is 5.97 Å². The Morgan fingerprint density at radius 2 is 1.42 bits per heavy atom. The number of ether oxygens (including phenoxy) is 3. The molecule has 2 aliphatic rings. The molecule has 0 aliphatic carbocycles. The van der Waals surface area contributed by atoms with E-state index in [-0.39, 0.29) is 87.5 Å². The molecule has 1 aromatic carbocycles. The molecule has 0 spiro atoms. The van der Waals surface area contributed by atoms with Crippen LogP contribution in [0.1, 0.15) is 149 Å². The van der Waals surface area contributed by atoms with Crippen LogP contribution in [0.25, 0.3) is 0 Å². The van der Waals surface area contributed by atoms with Crippen LogP contribution in [0.4, 0.5) is 5.69 Å². The highest BCUT2D eigenvalue weighted by Gasteiger charge is 2.50. The number of hydroxylamine groups is 2. The summed E-state index contributed by atoms with van der Waals surface area (Å²) in [6.07, 6.45) is 16.5. The minimum Gasteiger partial charge on any atom is -0.454 e. The summed E-state index contributed by atoms with van der Waals surface area (Å²) < 4.78 is 17.3. The lowest BCUT2D eigenvalue weighted by atomic mass is 9.95. The molecule has 1 N–H and O–H groups in total. The van der Waals surface area contributed by atoms with E-state index in [0.29, 0.717) is 13.0 Å². The molecule has 60 heavy (non-hydrogen) atoms. The molecule has 0 bridgehead atoms. The SMILES string of the molecule is CCCCCCCCCCCCCCCCN1CC(c2ccccc2[N+](=O)[O-])OC(=O)CN(C(=O)C2=CC(C)(C)N([O])C2(C)C)CCOCCOCCNC(=O)CCC1=O. The molecule has 0 saturated carbocycles. The van der Waals surface area contributed by atoms with Crippen LogP contribution in [0, 0.1) is 10.1 Å². The Bertz CT molecular complexity index is 1550. The predicted octanol–water partition coefficient (Wildman–Crippen LogP) is 7.41. The van der Waals surface area contributed by atoms with Gasteiger partial charge in [-0.25, -0.2) is 0 Å². The van der Waals surface area contributed by atoms with Crippen LogP contribution in [-0.4, -0.2) is 114 Å². The highest BCUT2D eigenvalue weighted by Crippen LogP contribution is 2.39. The lowest BCUT2D eigenvalue weighted by molar-refractivity contribution is -0.386. The van der Waals surface area contributed by atoms with Crippen LogP contribution in [0.2, 0.25) is 0 Å². The smallest absolute Gasteiger partial charge is 0.326 e. The molecule has 1 saturated heterocycles. The zero-order valence-corrected chi connectivity index (χ0v) is 37.0. The van der Waals surface area contributed by atoms with E-state index in [1.165, 1.54) is 85.8 Å². The van der Waals surface area contributed by atoms with Gasteiger partial charge in [0.15, 0.2) is 6.10 Å². The van der Waals surface area contributed by atoms with Crippen LogP contribution in [0.15, 0.2) is 35.9 Å². The molecule has 15 nitrogen and oxygen atoms in total. The van der Waals surface area contributed by atoms with E-state index >= 15 is 0 Å². The van der Waals surface area contributed by atoms with Gasteiger partial charge in [0, 0.05) is 44.1 Å². The number of benzene rings is 1. The van der Waals surface area contributed by atoms with Crippen LogP contribution in [-0.2, 0) is 38.6 Å². The van der Waals surface area contributed by atoms with Gasteiger partial charge in [0.05, 0.1) is 54.5 Å². The van der Waals surface area contributed by atoms with Crippen molar-refractivity contribution in [2.45, 2.75) is 155 Å². The van der Waals surface area contributed by atoms with Gasteiger partial charge in [-0.05, 0) is 40.2 Å². The number of nitrogens with one attached hydrogen (secondary N) is 1. The standard InChI is InChI=1S/C45H72N5O10/c1-6-7-8-9-10-11-12-13-14-15-16-17-18-21-27-47-34-39(36-22-19-20-23-38(36)49(55)56)60-42(53)35-48(43(54)37-33-44(2,3)50(57)45(37,4)5)28-30-59-32-31-58-29-26-46-40(51)24-25-41(47)52/h19-20,22-23,33,39H,6-18,21,24-32,34-35H2,1-5H3,(H,46,51). The Morgan fingerprint density at radius 3 is 2.00 bits per heavy atom. The van der Waals surface area contributed by atoms with Crippen molar-refractivity contribution < 1.29 is 43.5 Å². The number of nitrogens with zero attached hydrogens (tertiary/aromatic N) is 4. The lowest BCUT2D eigenvalue weighted by Crippen LogP contribution is -2.50. The van der Waals surface area contributed by atoms with Crippen molar-refractivity contribution in [3.63, 3.8) is 0 Å². The van der Waals surface area contributed by atoms with Gasteiger partial charge in [0.2, 0.25) is 11.8 Å². The van der Waals surface area contributed by atoms with Gasteiger partial charge in [0.25, 0.3) is 11.6 Å². The molecule has 2 heterocycles. The molecule has 0 aromatic heterocycles. The van der Waals surface area contributed by atoms with E-state index in [9.17, 15) is 34.5 Å². The van der Waals surface area contributed by atoms with Crippen molar-refractivity contribution in [3.8, 4) is 0 Å². The van der Waals surface area contributed by atoms with Crippen LogP contribution >= 0.6 is 0 Å². The van der Waals surface area contributed by atoms with Gasteiger partial charge in [0.1, 0.15) is 6.54 Å². The number of amides is 3. The first-order chi connectivity index (χ1) is 28.7. The third-order valence-electron chi connectivity index (χ3n) is 11.3. The maximum atomic E-state index is 14.1. The first-order valence-corrected chi connectivity index (χ1v) is 22.3. The fourth-order valence-corrected chi connectivity index (χ4v) is 7.88. The fraction of sp³-hybridized carbons (Fsp3) is 0.733. The molecule has 3 rings (SSSR count). The van der Waals surface area contributed by atoms with Gasteiger partial charge < -0.3 is 29.3 Å². The minimum absolute atomic E-state index is 0.0312. The third kappa shape index (κ3) is 16.9. The summed E-state index contributed by atoms with van der Waals surface area (Å²) >= 11 is 0. The number of nitro groups is 1.